The van der Waals surface area contributed by atoms with Crippen LogP contribution >= 0.6 is 0 Å². The van der Waals surface area contributed by atoms with Crippen LogP contribution in [0.1, 0.15) is 83.7 Å². The highest BCUT2D eigenvalue weighted by atomic mass is 16.5. The van der Waals surface area contributed by atoms with Crippen LogP contribution in [0.5, 0.6) is 0 Å². The fraction of sp³-hybridized carbons (Fsp3) is 0.519. The number of amides is 4. The normalized spacial score (nSPS) is 23.9. The Labute approximate surface area is 214 Å². The van der Waals surface area contributed by atoms with Crippen molar-refractivity contribution in [2.24, 2.45) is 5.41 Å². The van der Waals surface area contributed by atoms with Crippen molar-refractivity contribution in [2.75, 3.05) is 18.5 Å². The average molecular weight is 506 g/mol. The number of ether oxygens (including phenoxy) is 1. The number of nitrogens with one attached hydrogen (secondary N) is 2. The molecule has 10 nitrogen and oxygen atoms in total. The van der Waals surface area contributed by atoms with E-state index in [1.54, 1.807) is 18.2 Å². The molecule has 1 aliphatic carbocycles. The van der Waals surface area contributed by atoms with Gasteiger partial charge >= 0.3 is 0 Å². The van der Waals surface area contributed by atoms with Crippen molar-refractivity contribution in [3.63, 3.8) is 0 Å². The highest BCUT2D eigenvalue weighted by molar-refractivity contribution is 6.25. The van der Waals surface area contributed by atoms with Gasteiger partial charge in [-0.2, -0.15) is 5.10 Å². The average Bonchev–Trinajstić information content (AvgIpc) is 3.47. The quantitative estimate of drug-likeness (QED) is 0.599. The molecule has 3 aliphatic heterocycles. The van der Waals surface area contributed by atoms with Gasteiger partial charge in [0.2, 0.25) is 11.8 Å². The molecule has 194 valence electrons. The van der Waals surface area contributed by atoms with E-state index in [1.165, 1.54) is 12.8 Å². The molecule has 6 rings (SSSR count). The van der Waals surface area contributed by atoms with Crippen LogP contribution in [-0.4, -0.2) is 57.6 Å². The Morgan fingerprint density at radius 1 is 1.03 bits per heavy atom. The highest BCUT2D eigenvalue weighted by Gasteiger charge is 2.45. The SMILES string of the molecule is O=C1CCC(N2C(=O)c3cccc(NCc4cnn(C5CCC6(CCOCC6)CC5)c4)c3C2=O)C(=O)N1. The van der Waals surface area contributed by atoms with Gasteiger partial charge in [0.05, 0.1) is 23.4 Å². The molecule has 10 heteroatoms. The lowest BCUT2D eigenvalue weighted by Gasteiger charge is -2.42. The van der Waals surface area contributed by atoms with Gasteiger partial charge in [-0.1, -0.05) is 6.07 Å². The number of imide groups is 2. The zero-order valence-electron chi connectivity index (χ0n) is 20.7. The first-order chi connectivity index (χ1) is 17.9. The smallest absolute Gasteiger partial charge is 0.264 e. The van der Waals surface area contributed by atoms with Crippen LogP contribution in [0.2, 0.25) is 0 Å². The molecular formula is C27H31N5O5. The molecule has 0 bridgehead atoms. The van der Waals surface area contributed by atoms with Crippen LogP contribution in [0, 0.1) is 5.41 Å². The summed E-state index contributed by atoms with van der Waals surface area (Å²) < 4.78 is 7.63. The van der Waals surface area contributed by atoms with Crippen LogP contribution in [0.4, 0.5) is 5.69 Å². The number of rotatable bonds is 5. The second-order valence-electron chi connectivity index (χ2n) is 10.7. The minimum Gasteiger partial charge on any atom is -0.381 e. The molecule has 1 aromatic heterocycles. The van der Waals surface area contributed by atoms with Gasteiger partial charge in [-0.25, -0.2) is 0 Å². The van der Waals surface area contributed by atoms with Gasteiger partial charge in [-0.05, 0) is 62.5 Å². The maximum atomic E-state index is 13.3. The largest absolute Gasteiger partial charge is 0.381 e. The molecule has 1 saturated carbocycles. The van der Waals surface area contributed by atoms with Gasteiger partial charge in [0.25, 0.3) is 11.8 Å². The molecule has 37 heavy (non-hydrogen) atoms. The standard InChI is InChI=1S/C27H31N5O5/c33-22-5-4-21(24(34)30-22)32-25(35)19-2-1-3-20(23(19)26(32)36)28-14-17-15-29-31(16-17)18-6-8-27(9-7-18)10-12-37-13-11-27/h1-3,15-16,18,21,28H,4-14H2,(H,30,33,34). The second kappa shape index (κ2) is 9.41. The maximum Gasteiger partial charge on any atom is 0.264 e. The van der Waals surface area contributed by atoms with E-state index < -0.39 is 29.7 Å². The Kier molecular flexibility index (Phi) is 6.06. The predicted octanol–water partition coefficient (Wildman–Crippen LogP) is 2.81. The lowest BCUT2D eigenvalue weighted by atomic mass is 9.68. The summed E-state index contributed by atoms with van der Waals surface area (Å²) in [6.07, 6.45) is 11.1. The van der Waals surface area contributed by atoms with Crippen molar-refractivity contribution in [1.82, 2.24) is 20.0 Å². The van der Waals surface area contributed by atoms with Crippen molar-refractivity contribution in [3.05, 3.63) is 47.3 Å². The molecule has 3 fully saturated rings. The van der Waals surface area contributed by atoms with Crippen LogP contribution in [0.25, 0.3) is 0 Å². The first-order valence-electron chi connectivity index (χ1n) is 13.1. The number of benzene rings is 1. The van der Waals surface area contributed by atoms with Crippen molar-refractivity contribution in [2.45, 2.75) is 70.0 Å². The number of fused-ring (bicyclic) bond motifs is 1. The summed E-state index contributed by atoms with van der Waals surface area (Å²) in [6.45, 7) is 2.21. The summed E-state index contributed by atoms with van der Waals surface area (Å²) in [5.41, 5.74) is 2.50. The summed E-state index contributed by atoms with van der Waals surface area (Å²) in [6, 6.07) is 4.49. The Morgan fingerprint density at radius 3 is 2.57 bits per heavy atom. The third-order valence-electron chi connectivity index (χ3n) is 8.55. The zero-order valence-corrected chi connectivity index (χ0v) is 20.7. The van der Waals surface area contributed by atoms with Crippen LogP contribution in [0.3, 0.4) is 0 Å². The van der Waals surface area contributed by atoms with Gasteiger partial charge in [-0.15, -0.1) is 0 Å². The van der Waals surface area contributed by atoms with Crippen molar-refractivity contribution < 1.29 is 23.9 Å². The van der Waals surface area contributed by atoms with Crippen LogP contribution in [0.15, 0.2) is 30.6 Å². The lowest BCUT2D eigenvalue weighted by molar-refractivity contribution is -0.136. The Morgan fingerprint density at radius 2 is 1.81 bits per heavy atom. The summed E-state index contributed by atoms with van der Waals surface area (Å²) in [4.78, 5) is 51.2. The van der Waals surface area contributed by atoms with E-state index in [-0.39, 0.29) is 24.0 Å². The van der Waals surface area contributed by atoms with Gasteiger partial charge in [0.15, 0.2) is 0 Å². The molecule has 4 heterocycles. The van der Waals surface area contributed by atoms with Crippen LogP contribution in [-0.2, 0) is 20.9 Å². The van der Waals surface area contributed by atoms with Crippen molar-refractivity contribution >= 4 is 29.3 Å². The van der Waals surface area contributed by atoms with Gasteiger partial charge in [0, 0.05) is 43.6 Å². The number of nitrogens with zero attached hydrogens (tertiary/aromatic N) is 3. The van der Waals surface area contributed by atoms with E-state index in [0.717, 1.165) is 49.4 Å². The van der Waals surface area contributed by atoms with Gasteiger partial charge in [-0.3, -0.25) is 34.1 Å². The van der Waals surface area contributed by atoms with Crippen LogP contribution < -0.4 is 10.6 Å². The third-order valence-corrected chi connectivity index (χ3v) is 8.55. The van der Waals surface area contributed by atoms with E-state index >= 15 is 0 Å². The number of carbonyl (C=O) groups excluding carboxylic acids is 4. The van der Waals surface area contributed by atoms with Gasteiger partial charge < -0.3 is 10.1 Å². The number of carbonyl (C=O) groups is 4. The molecule has 1 aromatic carbocycles. The van der Waals surface area contributed by atoms with E-state index in [9.17, 15) is 19.2 Å². The minimum absolute atomic E-state index is 0.0926. The van der Waals surface area contributed by atoms with E-state index in [0.29, 0.717) is 23.7 Å². The van der Waals surface area contributed by atoms with Crippen molar-refractivity contribution in [1.29, 1.82) is 0 Å². The molecule has 1 atom stereocenters. The van der Waals surface area contributed by atoms with E-state index in [1.807, 2.05) is 6.20 Å². The number of aromatic nitrogens is 2. The summed E-state index contributed by atoms with van der Waals surface area (Å²) in [7, 11) is 0. The minimum atomic E-state index is -0.980. The van der Waals surface area contributed by atoms with E-state index in [4.69, 9.17) is 4.74 Å². The summed E-state index contributed by atoms with van der Waals surface area (Å²) in [5, 5.41) is 10.1. The molecule has 4 amide bonds. The molecule has 2 aromatic rings. The maximum absolute atomic E-state index is 13.3. The molecule has 0 radical (unpaired) electrons. The first kappa shape index (κ1) is 23.8. The van der Waals surface area contributed by atoms with Crippen molar-refractivity contribution in [3.8, 4) is 0 Å². The fourth-order valence-corrected chi connectivity index (χ4v) is 6.31. The number of piperidine rings is 1. The summed E-state index contributed by atoms with van der Waals surface area (Å²) >= 11 is 0. The zero-order chi connectivity index (χ0) is 25.6. The molecule has 1 spiro atoms. The monoisotopic (exact) mass is 505 g/mol. The molecule has 2 N–H and O–H groups in total. The second-order valence-corrected chi connectivity index (χ2v) is 10.7. The predicted molar refractivity (Wildman–Crippen MR) is 133 cm³/mol. The highest BCUT2D eigenvalue weighted by Crippen LogP contribution is 2.47. The Hall–Kier alpha value is -3.53. The number of anilines is 1. The number of hydrogen-bond donors (Lipinski definition) is 2. The summed E-state index contributed by atoms with van der Waals surface area (Å²) in [5.74, 6) is -2.03. The Bertz CT molecular complexity index is 1250. The van der Waals surface area contributed by atoms with Gasteiger partial charge in [0.1, 0.15) is 6.04 Å². The van der Waals surface area contributed by atoms with E-state index in [2.05, 4.69) is 26.6 Å². The molecular weight excluding hydrogens is 474 g/mol. The third kappa shape index (κ3) is 4.33. The molecule has 1 unspecified atom stereocenters. The topological polar surface area (TPSA) is 123 Å². The number of hydrogen-bond acceptors (Lipinski definition) is 7. The fourth-order valence-electron chi connectivity index (χ4n) is 6.31. The first-order valence-corrected chi connectivity index (χ1v) is 13.1. The molecule has 2 saturated heterocycles. The molecule has 4 aliphatic rings. The lowest BCUT2D eigenvalue weighted by Crippen LogP contribution is -2.54. The Balaban J connectivity index is 1.12.